The van der Waals surface area contributed by atoms with Crippen LogP contribution in [0.3, 0.4) is 0 Å². The fourth-order valence-corrected chi connectivity index (χ4v) is 1.85. The van der Waals surface area contributed by atoms with E-state index < -0.39 is 0 Å². The Bertz CT molecular complexity index is 188. The average Bonchev–Trinajstić information content (AvgIpc) is 2.18. The number of nitrogens with zero attached hydrogens (tertiary/aromatic N) is 2. The number of hydrogen-bond donors (Lipinski definition) is 0. The Kier molecular flexibility index (Phi) is 4.20. The van der Waals surface area contributed by atoms with Crippen molar-refractivity contribution >= 4 is 0 Å². The summed E-state index contributed by atoms with van der Waals surface area (Å²) in [6.45, 7) is 6.91. The maximum absolute atomic E-state index is 8.62. The molecule has 3 nitrogen and oxygen atoms in total. The Morgan fingerprint density at radius 2 is 2.46 bits per heavy atom. The van der Waals surface area contributed by atoms with E-state index >= 15 is 0 Å². The topological polar surface area (TPSA) is 36.3 Å². The Morgan fingerprint density at radius 3 is 3.08 bits per heavy atom. The van der Waals surface area contributed by atoms with Crippen molar-refractivity contribution < 1.29 is 4.74 Å². The molecule has 1 rings (SSSR count). The van der Waals surface area contributed by atoms with Gasteiger partial charge in [0, 0.05) is 18.6 Å². The predicted octanol–water partition coefficient (Wildman–Crippen LogP) is 1.40. The third kappa shape index (κ3) is 2.68. The van der Waals surface area contributed by atoms with Crippen LogP contribution in [0.25, 0.3) is 0 Å². The van der Waals surface area contributed by atoms with Crippen molar-refractivity contribution in [3.63, 3.8) is 0 Å². The van der Waals surface area contributed by atoms with Gasteiger partial charge in [-0.05, 0) is 13.3 Å². The van der Waals surface area contributed by atoms with E-state index in [0.717, 1.165) is 26.2 Å². The van der Waals surface area contributed by atoms with E-state index in [9.17, 15) is 0 Å². The molecule has 2 atom stereocenters. The smallest absolute Gasteiger partial charge is 0.0638 e. The van der Waals surface area contributed by atoms with Gasteiger partial charge < -0.3 is 4.74 Å². The number of nitriles is 1. The van der Waals surface area contributed by atoms with Crippen molar-refractivity contribution in [1.82, 2.24) is 4.90 Å². The lowest BCUT2D eigenvalue weighted by Crippen LogP contribution is -2.49. The molecule has 13 heavy (non-hydrogen) atoms. The molecule has 3 heteroatoms. The largest absolute Gasteiger partial charge is 0.378 e. The van der Waals surface area contributed by atoms with Crippen LogP contribution < -0.4 is 0 Å². The van der Waals surface area contributed by atoms with Crippen LogP contribution >= 0.6 is 0 Å². The number of morpholine rings is 1. The number of hydrogen-bond acceptors (Lipinski definition) is 3. The zero-order valence-electron chi connectivity index (χ0n) is 8.49. The highest BCUT2D eigenvalue weighted by Gasteiger charge is 2.25. The van der Waals surface area contributed by atoms with E-state index in [4.69, 9.17) is 10.00 Å². The summed E-state index contributed by atoms with van der Waals surface area (Å²) in [4.78, 5) is 2.40. The van der Waals surface area contributed by atoms with Crippen LogP contribution in [-0.4, -0.2) is 36.7 Å². The molecule has 1 heterocycles. The van der Waals surface area contributed by atoms with E-state index in [1.54, 1.807) is 0 Å². The number of ether oxygens (including phenoxy) is 1. The average molecular weight is 182 g/mol. The minimum atomic E-state index is 0.374. The second kappa shape index (κ2) is 5.21. The van der Waals surface area contributed by atoms with Crippen molar-refractivity contribution in [2.24, 2.45) is 0 Å². The van der Waals surface area contributed by atoms with E-state index in [1.807, 2.05) is 0 Å². The van der Waals surface area contributed by atoms with E-state index in [2.05, 4.69) is 24.8 Å². The monoisotopic (exact) mass is 182 g/mol. The summed E-state index contributed by atoms with van der Waals surface area (Å²) in [6, 6.07) is 3.11. The standard InChI is InChI=1S/C10H18N2O/c1-3-10-8-13-7-6-12(10)9(2)4-5-11/h9-10H,3-4,6-8H2,1-2H3. The lowest BCUT2D eigenvalue weighted by atomic mass is 10.1. The third-order valence-electron chi connectivity index (χ3n) is 2.70. The molecular weight excluding hydrogens is 164 g/mol. The Morgan fingerprint density at radius 1 is 1.69 bits per heavy atom. The van der Waals surface area contributed by atoms with Crippen LogP contribution in [-0.2, 0) is 4.74 Å². The third-order valence-corrected chi connectivity index (χ3v) is 2.70. The van der Waals surface area contributed by atoms with Gasteiger partial charge in [0.1, 0.15) is 0 Å². The number of rotatable bonds is 3. The fraction of sp³-hybridized carbons (Fsp3) is 0.900. The van der Waals surface area contributed by atoms with Gasteiger partial charge in [-0.25, -0.2) is 0 Å². The van der Waals surface area contributed by atoms with Gasteiger partial charge in [0.25, 0.3) is 0 Å². The molecule has 2 unspecified atom stereocenters. The summed E-state index contributed by atoms with van der Waals surface area (Å²) < 4.78 is 5.41. The molecule has 1 saturated heterocycles. The highest BCUT2D eigenvalue weighted by Crippen LogP contribution is 2.15. The first kappa shape index (κ1) is 10.5. The fourth-order valence-electron chi connectivity index (χ4n) is 1.85. The van der Waals surface area contributed by atoms with Gasteiger partial charge in [-0.2, -0.15) is 5.26 Å². The first-order chi connectivity index (χ1) is 6.29. The van der Waals surface area contributed by atoms with Gasteiger partial charge in [-0.1, -0.05) is 6.92 Å². The quantitative estimate of drug-likeness (QED) is 0.662. The summed E-state index contributed by atoms with van der Waals surface area (Å²) in [5.74, 6) is 0. The van der Waals surface area contributed by atoms with Crippen LogP contribution in [0.5, 0.6) is 0 Å². The second-order valence-electron chi connectivity index (χ2n) is 3.59. The molecule has 0 spiro atoms. The van der Waals surface area contributed by atoms with Crippen LogP contribution in [0.4, 0.5) is 0 Å². The molecule has 74 valence electrons. The SMILES string of the molecule is CCC1COCCN1C(C)CC#N. The van der Waals surface area contributed by atoms with Gasteiger partial charge in [0.2, 0.25) is 0 Å². The van der Waals surface area contributed by atoms with Crippen LogP contribution in [0.2, 0.25) is 0 Å². The summed E-state index contributed by atoms with van der Waals surface area (Å²) in [7, 11) is 0. The molecule has 1 aliphatic rings. The minimum Gasteiger partial charge on any atom is -0.378 e. The van der Waals surface area contributed by atoms with Crippen LogP contribution in [0.1, 0.15) is 26.7 Å². The molecule has 1 fully saturated rings. The molecule has 1 aliphatic heterocycles. The normalized spacial score (nSPS) is 26.7. The van der Waals surface area contributed by atoms with Crippen LogP contribution in [0.15, 0.2) is 0 Å². The summed E-state index contributed by atoms with van der Waals surface area (Å²) in [5.41, 5.74) is 0. The molecule has 0 aromatic rings. The van der Waals surface area contributed by atoms with E-state index in [1.165, 1.54) is 0 Å². The van der Waals surface area contributed by atoms with Crippen molar-refractivity contribution in [2.45, 2.75) is 38.8 Å². The maximum atomic E-state index is 8.62. The van der Waals surface area contributed by atoms with Crippen molar-refractivity contribution in [1.29, 1.82) is 5.26 Å². The van der Waals surface area contributed by atoms with Gasteiger partial charge in [-0.3, -0.25) is 4.90 Å². The lowest BCUT2D eigenvalue weighted by Gasteiger charge is -2.38. The van der Waals surface area contributed by atoms with E-state index in [0.29, 0.717) is 18.5 Å². The van der Waals surface area contributed by atoms with E-state index in [-0.39, 0.29) is 0 Å². The molecule has 0 aromatic carbocycles. The molecular formula is C10H18N2O. The van der Waals surface area contributed by atoms with Gasteiger partial charge >= 0.3 is 0 Å². The minimum absolute atomic E-state index is 0.374. The lowest BCUT2D eigenvalue weighted by molar-refractivity contribution is -0.0256. The highest BCUT2D eigenvalue weighted by molar-refractivity contribution is 4.84. The van der Waals surface area contributed by atoms with Crippen LogP contribution in [0, 0.1) is 11.3 Å². The van der Waals surface area contributed by atoms with Crippen molar-refractivity contribution in [2.75, 3.05) is 19.8 Å². The first-order valence-electron chi connectivity index (χ1n) is 5.00. The summed E-state index contributed by atoms with van der Waals surface area (Å²) in [6.07, 6.45) is 1.73. The molecule has 0 amide bonds. The van der Waals surface area contributed by atoms with Gasteiger partial charge in [0.05, 0.1) is 25.7 Å². The van der Waals surface area contributed by atoms with Crippen molar-refractivity contribution in [3.05, 3.63) is 0 Å². The van der Waals surface area contributed by atoms with Gasteiger partial charge in [-0.15, -0.1) is 0 Å². The van der Waals surface area contributed by atoms with Gasteiger partial charge in [0.15, 0.2) is 0 Å². The first-order valence-corrected chi connectivity index (χ1v) is 5.00. The molecule has 0 aliphatic carbocycles. The molecule has 0 bridgehead atoms. The summed E-state index contributed by atoms with van der Waals surface area (Å²) >= 11 is 0. The molecule has 0 saturated carbocycles. The zero-order valence-corrected chi connectivity index (χ0v) is 8.49. The molecule has 0 radical (unpaired) electrons. The summed E-state index contributed by atoms with van der Waals surface area (Å²) in [5, 5.41) is 8.62. The Hall–Kier alpha value is -0.590. The Labute approximate surface area is 80.3 Å². The Balaban J connectivity index is 2.49. The van der Waals surface area contributed by atoms with Crippen molar-refractivity contribution in [3.8, 4) is 6.07 Å². The molecule has 0 aromatic heterocycles. The molecule has 0 N–H and O–H groups in total. The second-order valence-corrected chi connectivity index (χ2v) is 3.59. The zero-order chi connectivity index (χ0) is 9.68. The predicted molar refractivity (Wildman–Crippen MR) is 51.3 cm³/mol. The maximum Gasteiger partial charge on any atom is 0.0638 e. The highest BCUT2D eigenvalue weighted by atomic mass is 16.5.